The first-order valence-corrected chi connectivity index (χ1v) is 10.5. The summed E-state index contributed by atoms with van der Waals surface area (Å²) >= 11 is 5.88. The van der Waals surface area contributed by atoms with Crippen LogP contribution in [0.25, 0.3) is 0 Å². The van der Waals surface area contributed by atoms with Crippen LogP contribution in [0.15, 0.2) is 29.2 Å². The highest BCUT2D eigenvalue weighted by Gasteiger charge is 2.54. The molecular formula is C18H24ClNO3S. The summed E-state index contributed by atoms with van der Waals surface area (Å²) in [6, 6.07) is 6.16. The molecule has 3 rings (SSSR count). The molecule has 24 heavy (non-hydrogen) atoms. The van der Waals surface area contributed by atoms with Crippen molar-refractivity contribution in [3.8, 4) is 0 Å². The van der Waals surface area contributed by atoms with E-state index in [-0.39, 0.29) is 10.8 Å². The van der Waals surface area contributed by atoms with E-state index in [2.05, 4.69) is 0 Å². The van der Waals surface area contributed by atoms with Gasteiger partial charge in [-0.15, -0.1) is 0 Å². The van der Waals surface area contributed by atoms with Crippen molar-refractivity contribution >= 4 is 27.3 Å². The van der Waals surface area contributed by atoms with E-state index in [4.69, 9.17) is 11.6 Å². The number of amides is 1. The second-order valence-corrected chi connectivity index (χ2v) is 9.84. The number of benzene rings is 1. The van der Waals surface area contributed by atoms with Gasteiger partial charge in [0.15, 0.2) is 14.6 Å². The maximum absolute atomic E-state index is 13.3. The summed E-state index contributed by atoms with van der Waals surface area (Å²) < 4.78 is 25.3. The Kier molecular flexibility index (Phi) is 4.94. The molecule has 2 fully saturated rings. The first-order chi connectivity index (χ1) is 11.4. The fraction of sp³-hybridized carbons (Fsp3) is 0.611. The smallest absolute Gasteiger partial charge is 0.244 e. The predicted octanol–water partition coefficient (Wildman–Crippen LogP) is 3.69. The van der Waals surface area contributed by atoms with E-state index in [9.17, 15) is 13.2 Å². The van der Waals surface area contributed by atoms with Gasteiger partial charge in [-0.05, 0) is 55.9 Å². The molecule has 2 saturated carbocycles. The van der Waals surface area contributed by atoms with Crippen LogP contribution in [0.3, 0.4) is 0 Å². The summed E-state index contributed by atoms with van der Waals surface area (Å²) in [6.07, 6.45) is 5.84. The van der Waals surface area contributed by atoms with Crippen molar-refractivity contribution in [2.45, 2.75) is 54.6 Å². The quantitative estimate of drug-likeness (QED) is 0.795. The Labute approximate surface area is 149 Å². The van der Waals surface area contributed by atoms with E-state index in [1.165, 1.54) is 18.6 Å². The van der Waals surface area contributed by atoms with Crippen LogP contribution in [0, 0.1) is 5.92 Å². The zero-order valence-corrected chi connectivity index (χ0v) is 15.6. The number of hydrogen-bond donors (Lipinski definition) is 0. The number of sulfone groups is 1. The van der Waals surface area contributed by atoms with Crippen molar-refractivity contribution in [2.75, 3.05) is 13.6 Å². The van der Waals surface area contributed by atoms with Gasteiger partial charge in [0.05, 0.1) is 4.90 Å². The van der Waals surface area contributed by atoms with E-state index in [0.29, 0.717) is 30.3 Å². The topological polar surface area (TPSA) is 54.5 Å². The molecule has 2 aliphatic carbocycles. The Balaban J connectivity index is 1.92. The maximum Gasteiger partial charge on any atom is 0.244 e. The van der Waals surface area contributed by atoms with Crippen molar-refractivity contribution in [3.63, 3.8) is 0 Å². The van der Waals surface area contributed by atoms with Crippen molar-refractivity contribution in [1.82, 2.24) is 4.90 Å². The summed E-state index contributed by atoms with van der Waals surface area (Å²) in [5.41, 5.74) is 0. The van der Waals surface area contributed by atoms with Gasteiger partial charge in [0, 0.05) is 18.6 Å². The molecular weight excluding hydrogens is 346 g/mol. The van der Waals surface area contributed by atoms with Crippen molar-refractivity contribution < 1.29 is 13.2 Å². The molecule has 1 aromatic carbocycles. The average molecular weight is 370 g/mol. The van der Waals surface area contributed by atoms with E-state index in [1.54, 1.807) is 24.1 Å². The van der Waals surface area contributed by atoms with E-state index >= 15 is 0 Å². The van der Waals surface area contributed by atoms with Gasteiger partial charge in [-0.3, -0.25) is 4.79 Å². The largest absolute Gasteiger partial charge is 0.344 e. The van der Waals surface area contributed by atoms with Gasteiger partial charge >= 0.3 is 0 Å². The lowest BCUT2D eigenvalue weighted by Gasteiger charge is -2.36. The zero-order valence-electron chi connectivity index (χ0n) is 14.0. The highest BCUT2D eigenvalue weighted by Crippen LogP contribution is 2.42. The lowest BCUT2D eigenvalue weighted by molar-refractivity contribution is -0.133. The van der Waals surface area contributed by atoms with E-state index in [1.807, 2.05) is 0 Å². The van der Waals surface area contributed by atoms with Crippen LogP contribution in [-0.2, 0) is 14.6 Å². The first kappa shape index (κ1) is 17.7. The Morgan fingerprint density at radius 1 is 1.17 bits per heavy atom. The van der Waals surface area contributed by atoms with Gasteiger partial charge in [0.2, 0.25) is 5.91 Å². The maximum atomic E-state index is 13.3. The molecule has 0 radical (unpaired) electrons. The molecule has 4 nitrogen and oxygen atoms in total. The minimum absolute atomic E-state index is 0.194. The molecule has 6 heteroatoms. The summed E-state index contributed by atoms with van der Waals surface area (Å²) in [7, 11) is -1.99. The molecule has 0 heterocycles. The van der Waals surface area contributed by atoms with Crippen LogP contribution >= 0.6 is 11.6 Å². The summed E-state index contributed by atoms with van der Waals surface area (Å²) in [4.78, 5) is 15.0. The van der Waals surface area contributed by atoms with Crippen LogP contribution in [0.4, 0.5) is 0 Å². The molecule has 0 N–H and O–H groups in total. The molecule has 1 aromatic rings. The fourth-order valence-electron chi connectivity index (χ4n) is 3.88. The van der Waals surface area contributed by atoms with Crippen molar-refractivity contribution in [1.29, 1.82) is 0 Å². The monoisotopic (exact) mass is 369 g/mol. The van der Waals surface area contributed by atoms with Crippen LogP contribution in [-0.4, -0.2) is 37.6 Å². The lowest BCUT2D eigenvalue weighted by atomic mass is 9.85. The molecule has 0 saturated heterocycles. The minimum Gasteiger partial charge on any atom is -0.344 e. The van der Waals surface area contributed by atoms with Gasteiger partial charge in [0.25, 0.3) is 0 Å². The van der Waals surface area contributed by atoms with Crippen LogP contribution in [0.1, 0.15) is 44.9 Å². The molecule has 0 unspecified atom stereocenters. The third kappa shape index (κ3) is 2.97. The zero-order chi connectivity index (χ0) is 17.4. The Hall–Kier alpha value is -1.07. The molecule has 0 aliphatic heterocycles. The number of carbonyl (C=O) groups is 1. The second-order valence-electron chi connectivity index (χ2n) is 7.14. The fourth-order valence-corrected chi connectivity index (χ4v) is 6.16. The molecule has 132 valence electrons. The molecule has 1 amide bonds. The predicted molar refractivity (Wildman–Crippen MR) is 94.8 cm³/mol. The number of hydrogen-bond acceptors (Lipinski definition) is 3. The van der Waals surface area contributed by atoms with Gasteiger partial charge in [-0.1, -0.05) is 30.9 Å². The molecule has 0 bridgehead atoms. The van der Waals surface area contributed by atoms with Gasteiger partial charge < -0.3 is 4.90 Å². The normalized spacial score (nSPS) is 20.6. The Morgan fingerprint density at radius 2 is 1.75 bits per heavy atom. The molecule has 0 spiro atoms. The van der Waals surface area contributed by atoms with Crippen LogP contribution in [0.5, 0.6) is 0 Å². The van der Waals surface area contributed by atoms with Crippen LogP contribution < -0.4 is 0 Å². The number of nitrogens with zero attached hydrogens (tertiary/aromatic N) is 1. The lowest BCUT2D eigenvalue weighted by Crippen LogP contribution is -2.52. The van der Waals surface area contributed by atoms with E-state index in [0.717, 1.165) is 25.7 Å². The van der Waals surface area contributed by atoms with Gasteiger partial charge in [-0.2, -0.15) is 0 Å². The van der Waals surface area contributed by atoms with Gasteiger partial charge in [0.1, 0.15) is 0 Å². The van der Waals surface area contributed by atoms with E-state index < -0.39 is 14.6 Å². The highest BCUT2D eigenvalue weighted by atomic mass is 35.5. The third-order valence-corrected chi connectivity index (χ3v) is 8.30. The summed E-state index contributed by atoms with van der Waals surface area (Å²) in [5.74, 6) is 0.289. The van der Waals surface area contributed by atoms with Gasteiger partial charge in [-0.25, -0.2) is 8.42 Å². The Morgan fingerprint density at radius 3 is 2.25 bits per heavy atom. The Bertz CT molecular complexity index is 704. The summed E-state index contributed by atoms with van der Waals surface area (Å²) in [6.45, 7) is 0.663. The number of halogens is 1. The average Bonchev–Trinajstić information content (AvgIpc) is 3.01. The first-order valence-electron chi connectivity index (χ1n) is 8.62. The summed E-state index contributed by atoms with van der Waals surface area (Å²) in [5, 5.41) is 0.489. The third-order valence-electron chi connectivity index (χ3n) is 5.54. The number of rotatable bonds is 5. The SMILES string of the molecule is CN(CC1CCC1)C(=O)C1(S(=O)(=O)c2ccc(Cl)cc2)CCCC1. The second kappa shape index (κ2) is 6.68. The molecule has 0 aromatic heterocycles. The molecule has 0 atom stereocenters. The van der Waals surface area contributed by atoms with Crippen molar-refractivity contribution in [2.24, 2.45) is 5.92 Å². The van der Waals surface area contributed by atoms with Crippen LogP contribution in [0.2, 0.25) is 5.02 Å². The highest BCUT2D eigenvalue weighted by molar-refractivity contribution is 7.93. The number of carbonyl (C=O) groups excluding carboxylic acids is 1. The standard InChI is InChI=1S/C18H24ClNO3S/c1-20(13-14-5-4-6-14)17(21)18(11-2-3-12-18)24(22,23)16-9-7-15(19)8-10-16/h7-10,14H,2-6,11-13H2,1H3. The molecule has 2 aliphatic rings. The minimum atomic E-state index is -3.74. The van der Waals surface area contributed by atoms with Crippen molar-refractivity contribution in [3.05, 3.63) is 29.3 Å².